The van der Waals surface area contributed by atoms with E-state index in [2.05, 4.69) is 27.9 Å². The molecule has 1 aromatic rings. The van der Waals surface area contributed by atoms with Crippen LogP contribution in [0.3, 0.4) is 0 Å². The topological polar surface area (TPSA) is 63.3 Å². The number of rotatable bonds is 11. The van der Waals surface area contributed by atoms with Gasteiger partial charge in [-0.25, -0.2) is 4.31 Å². The van der Waals surface area contributed by atoms with Crippen LogP contribution in [0.2, 0.25) is 0 Å². The molecule has 0 fully saturated rings. The molecule has 1 unspecified atom stereocenters. The molecule has 0 aliphatic carbocycles. The zero-order valence-corrected chi connectivity index (χ0v) is 18.5. The number of ether oxygens (including phenoxy) is 2. The molecule has 7 nitrogen and oxygen atoms in total. The Labute approximate surface area is 178 Å². The highest BCUT2D eigenvalue weighted by Crippen LogP contribution is 2.35. The first kappa shape index (κ1) is 21.9. The van der Waals surface area contributed by atoms with Gasteiger partial charge in [-0.15, -0.1) is 0 Å². The van der Waals surface area contributed by atoms with Gasteiger partial charge in [-0.2, -0.15) is 0 Å². The highest BCUT2D eigenvalue weighted by atomic mass is 32.2. The lowest BCUT2D eigenvalue weighted by Crippen LogP contribution is -2.36. The maximum atomic E-state index is 12.7. The van der Waals surface area contributed by atoms with Crippen molar-refractivity contribution in [1.29, 1.82) is 0 Å². The van der Waals surface area contributed by atoms with Gasteiger partial charge in [0.25, 0.3) is 0 Å². The number of hydrogen-bond donors (Lipinski definition) is 1. The Kier molecular flexibility index (Phi) is 8.20. The summed E-state index contributed by atoms with van der Waals surface area (Å²) in [4.78, 5) is 0. The van der Waals surface area contributed by atoms with Crippen molar-refractivity contribution in [2.75, 3.05) is 33.9 Å². The van der Waals surface area contributed by atoms with E-state index in [4.69, 9.17) is 9.47 Å². The average molecular weight is 422 g/mol. The fourth-order valence-electron chi connectivity index (χ4n) is 3.62. The monoisotopic (exact) mass is 421 g/mol. The summed E-state index contributed by atoms with van der Waals surface area (Å²) in [5.74, 6) is 2.55. The quantitative estimate of drug-likeness (QED) is 0.422. The van der Waals surface area contributed by atoms with Crippen molar-refractivity contribution in [2.45, 2.75) is 51.6 Å². The molecule has 29 heavy (non-hydrogen) atoms. The standard InChI is InChI=1S/C21H33N4O3S/c1-4-9-20-22-19-16-23(2)29-24(21(19)25(20)26)14-7-5-6-8-15-28-18-12-10-17(27-3)11-13-18/h10-13,20,22H,4-9,14-16H2,1-3H3/q-1. The van der Waals surface area contributed by atoms with E-state index in [0.29, 0.717) is 0 Å². The summed E-state index contributed by atoms with van der Waals surface area (Å²) in [6.45, 7) is 4.51. The van der Waals surface area contributed by atoms with Crippen molar-refractivity contribution in [3.63, 3.8) is 0 Å². The third kappa shape index (κ3) is 5.87. The van der Waals surface area contributed by atoms with Crippen molar-refractivity contribution in [3.05, 3.63) is 41.0 Å². The second-order valence-electron chi connectivity index (χ2n) is 7.48. The van der Waals surface area contributed by atoms with E-state index in [1.807, 2.05) is 24.3 Å². The molecule has 0 amide bonds. The van der Waals surface area contributed by atoms with E-state index >= 15 is 0 Å². The van der Waals surface area contributed by atoms with Gasteiger partial charge in [0.05, 0.1) is 32.1 Å². The molecule has 1 aromatic carbocycles. The van der Waals surface area contributed by atoms with Gasteiger partial charge >= 0.3 is 0 Å². The highest BCUT2D eigenvalue weighted by Gasteiger charge is 2.33. The predicted octanol–water partition coefficient (Wildman–Crippen LogP) is 4.14. The van der Waals surface area contributed by atoms with Gasteiger partial charge < -0.3 is 25.1 Å². The molecule has 1 atom stereocenters. The highest BCUT2D eigenvalue weighted by molar-refractivity contribution is 7.94. The minimum Gasteiger partial charge on any atom is -0.756 e. The molecule has 0 aromatic heterocycles. The summed E-state index contributed by atoms with van der Waals surface area (Å²) >= 11 is 1.65. The molecule has 2 aliphatic rings. The Bertz CT molecular complexity index is 670. The first-order valence-electron chi connectivity index (χ1n) is 10.5. The van der Waals surface area contributed by atoms with Gasteiger partial charge in [0.1, 0.15) is 17.3 Å². The van der Waals surface area contributed by atoms with E-state index in [1.54, 1.807) is 19.2 Å². The molecule has 162 valence electrons. The van der Waals surface area contributed by atoms with Crippen LogP contribution in [0.4, 0.5) is 0 Å². The molecular weight excluding hydrogens is 388 g/mol. The second kappa shape index (κ2) is 10.8. The fourth-order valence-corrected chi connectivity index (χ4v) is 4.62. The van der Waals surface area contributed by atoms with Crippen molar-refractivity contribution >= 4 is 12.1 Å². The number of unbranched alkanes of at least 4 members (excludes halogenated alkanes) is 3. The van der Waals surface area contributed by atoms with Crippen LogP contribution in [0.15, 0.2) is 35.8 Å². The summed E-state index contributed by atoms with van der Waals surface area (Å²) in [7, 11) is 3.73. The second-order valence-corrected chi connectivity index (χ2v) is 8.71. The van der Waals surface area contributed by atoms with E-state index in [9.17, 15) is 5.21 Å². The molecule has 2 heterocycles. The van der Waals surface area contributed by atoms with Gasteiger partial charge in [0.15, 0.2) is 0 Å². The van der Waals surface area contributed by atoms with Crippen LogP contribution in [-0.4, -0.2) is 53.7 Å². The third-order valence-corrected chi connectivity index (χ3v) is 6.06. The van der Waals surface area contributed by atoms with Crippen LogP contribution in [0.1, 0.15) is 45.4 Å². The minimum atomic E-state index is -0.116. The maximum absolute atomic E-state index is 12.7. The Morgan fingerprint density at radius 1 is 1.14 bits per heavy atom. The Balaban J connectivity index is 1.35. The first-order valence-corrected chi connectivity index (χ1v) is 11.2. The molecule has 1 N–H and O–H groups in total. The smallest absolute Gasteiger partial charge is 0.127 e. The van der Waals surface area contributed by atoms with Gasteiger partial charge in [-0.3, -0.25) is 4.31 Å². The lowest BCUT2D eigenvalue weighted by molar-refractivity contribution is 0.276. The van der Waals surface area contributed by atoms with Crippen LogP contribution in [0, 0.1) is 5.21 Å². The Morgan fingerprint density at radius 3 is 2.59 bits per heavy atom. The molecule has 0 spiro atoms. The van der Waals surface area contributed by atoms with Gasteiger partial charge in [0.2, 0.25) is 0 Å². The molecule has 0 saturated heterocycles. The van der Waals surface area contributed by atoms with Gasteiger partial charge in [-0.05, 0) is 50.6 Å². The summed E-state index contributed by atoms with van der Waals surface area (Å²) < 4.78 is 15.3. The SMILES string of the molecule is CCCC1NC2=C(N(CCCCCCOc3ccc(OC)cc3)SN(C)C2)N1[O-]. The zero-order valence-electron chi connectivity index (χ0n) is 17.7. The number of likely N-dealkylation sites (N-methyl/N-ethyl adjacent to an activating group) is 1. The zero-order chi connectivity index (χ0) is 20.6. The van der Waals surface area contributed by atoms with Crippen molar-refractivity contribution < 1.29 is 9.47 Å². The lowest BCUT2D eigenvalue weighted by Gasteiger charge is -2.41. The predicted molar refractivity (Wildman–Crippen MR) is 118 cm³/mol. The Morgan fingerprint density at radius 2 is 1.86 bits per heavy atom. The van der Waals surface area contributed by atoms with Crippen molar-refractivity contribution in [1.82, 2.24) is 19.0 Å². The summed E-state index contributed by atoms with van der Waals surface area (Å²) in [5, 5.41) is 17.3. The van der Waals surface area contributed by atoms with Gasteiger partial charge in [-0.1, -0.05) is 26.2 Å². The number of nitrogens with one attached hydrogen (secondary N) is 1. The van der Waals surface area contributed by atoms with E-state index in [-0.39, 0.29) is 6.17 Å². The Hall–Kier alpha value is -1.77. The number of methoxy groups -OCH3 is 1. The normalized spacial score (nSPS) is 19.4. The summed E-state index contributed by atoms with van der Waals surface area (Å²) in [5.41, 5.74) is 1.06. The van der Waals surface area contributed by atoms with Gasteiger partial charge in [0, 0.05) is 18.7 Å². The molecule has 0 bridgehead atoms. The van der Waals surface area contributed by atoms with Crippen molar-refractivity contribution in [3.8, 4) is 11.5 Å². The molecule has 0 radical (unpaired) electrons. The van der Waals surface area contributed by atoms with E-state index in [0.717, 1.165) is 81.2 Å². The number of hydrogen-bond acceptors (Lipinski definition) is 8. The number of nitrogens with zero attached hydrogens (tertiary/aromatic N) is 3. The van der Waals surface area contributed by atoms with Crippen molar-refractivity contribution in [2.24, 2.45) is 0 Å². The first-order chi connectivity index (χ1) is 14.1. The van der Waals surface area contributed by atoms with Crippen LogP contribution in [-0.2, 0) is 0 Å². The maximum Gasteiger partial charge on any atom is 0.127 e. The largest absolute Gasteiger partial charge is 0.756 e. The summed E-state index contributed by atoms with van der Waals surface area (Å²) in [6.07, 6.45) is 6.09. The average Bonchev–Trinajstić information content (AvgIpc) is 3.03. The van der Waals surface area contributed by atoms with Crippen LogP contribution in [0.5, 0.6) is 11.5 Å². The molecule has 3 rings (SSSR count). The summed E-state index contributed by atoms with van der Waals surface area (Å²) in [6, 6.07) is 7.69. The van der Waals surface area contributed by atoms with Crippen LogP contribution in [0.25, 0.3) is 0 Å². The fraction of sp³-hybridized carbons (Fsp3) is 0.619. The van der Waals surface area contributed by atoms with E-state index < -0.39 is 0 Å². The molecule has 0 saturated carbocycles. The molecule has 8 heteroatoms. The lowest BCUT2D eigenvalue weighted by atomic mass is 10.2. The third-order valence-electron chi connectivity index (χ3n) is 5.10. The van der Waals surface area contributed by atoms with Crippen LogP contribution >= 0.6 is 12.1 Å². The number of hydroxylamine groups is 2. The molecular formula is C21H33N4O3S-. The van der Waals surface area contributed by atoms with Crippen LogP contribution < -0.4 is 14.8 Å². The van der Waals surface area contributed by atoms with E-state index in [1.165, 1.54) is 5.06 Å². The number of benzene rings is 1. The molecule has 2 aliphatic heterocycles. The minimum absolute atomic E-state index is 0.116.